The molecule has 12 atom stereocenters. The van der Waals surface area contributed by atoms with Gasteiger partial charge in [-0.05, 0) is 135 Å². The molecule has 99 heavy (non-hydrogen) atoms. The van der Waals surface area contributed by atoms with Crippen LogP contribution in [0, 0.1) is 28.7 Å². The SMILES string of the molecule is CC1(C)O[C@H]2[C@H](n3ccc4c(Cl)ncnc43)O[C@H](COc3ccc4cccnc4c3)[C@@]2(C)O1.Cc1ncnc2c1ccn2[C@@H]1O[C@H](COc2ccc3cccnc3c2)[C@@](C)(O)[C@H]1O.Cc1ncnc2c1ccn2[C@@H]1O[C@H](COc2ccc3cccnc3c2)[C@@]2(C)OC(C)(C)O[C@@H]12.[CH3-].[CH3-].[Zn+2]. The van der Waals surface area contributed by atoms with Crippen molar-refractivity contribution in [2.45, 2.75) is 146 Å². The van der Waals surface area contributed by atoms with Crippen LogP contribution in [0.5, 0.6) is 17.2 Å². The third kappa shape index (κ3) is 13.1. The molecule has 3 aromatic carbocycles. The second kappa shape index (κ2) is 27.3. The van der Waals surface area contributed by atoms with Gasteiger partial charge in [0.15, 0.2) is 30.3 Å². The van der Waals surface area contributed by atoms with Crippen LogP contribution in [0.1, 0.15) is 78.5 Å². The molecular formula is C73H77ClN12O12Zn. The summed E-state index contributed by atoms with van der Waals surface area (Å²) >= 11 is 6.26. The molecule has 0 bridgehead atoms. The summed E-state index contributed by atoms with van der Waals surface area (Å²) in [6, 6.07) is 34.9. The number of ether oxygens (including phenoxy) is 10. The Morgan fingerprint density at radius 3 is 1.25 bits per heavy atom. The summed E-state index contributed by atoms with van der Waals surface area (Å²) in [5.41, 5.74) is 3.56. The average molecular weight is 1420 g/mol. The number of fused-ring (bicyclic) bond motifs is 8. The minimum atomic E-state index is -1.50. The summed E-state index contributed by atoms with van der Waals surface area (Å²) in [6.45, 7) is 17.8. The van der Waals surface area contributed by atoms with E-state index in [1.54, 1.807) is 42.6 Å². The topological polar surface area (TPSA) is 264 Å². The Bertz CT molecular complexity index is 4700. The van der Waals surface area contributed by atoms with Gasteiger partial charge >= 0.3 is 19.5 Å². The monoisotopic (exact) mass is 1410 g/mol. The average Bonchev–Trinajstić information content (AvgIpc) is 1.57. The van der Waals surface area contributed by atoms with Gasteiger partial charge in [-0.3, -0.25) is 15.0 Å². The Labute approximate surface area is 589 Å². The minimum Gasteiger partial charge on any atom is -0.491 e. The van der Waals surface area contributed by atoms with E-state index in [2.05, 4.69) is 44.9 Å². The molecule has 12 aromatic rings. The second-order valence-corrected chi connectivity index (χ2v) is 26.5. The normalized spacial score (nSPS) is 27.0. The van der Waals surface area contributed by atoms with Gasteiger partial charge in [0.1, 0.15) is 132 Å². The molecule has 510 valence electrons. The zero-order chi connectivity index (χ0) is 66.5. The van der Waals surface area contributed by atoms with Crippen LogP contribution in [0.4, 0.5) is 0 Å². The number of halogens is 1. The number of nitrogens with zero attached hydrogens (tertiary/aromatic N) is 12. The van der Waals surface area contributed by atoms with Gasteiger partial charge < -0.3 is 86.1 Å². The number of hydrogen-bond acceptors (Lipinski definition) is 21. The fourth-order valence-electron chi connectivity index (χ4n) is 13.8. The van der Waals surface area contributed by atoms with Crippen molar-refractivity contribution in [3.8, 4) is 17.2 Å². The summed E-state index contributed by atoms with van der Waals surface area (Å²) in [6.07, 6.45) is 10.4. The van der Waals surface area contributed by atoms with E-state index in [1.807, 2.05) is 186 Å². The smallest absolute Gasteiger partial charge is 0.491 e. The molecule has 9 aromatic heterocycles. The quantitative estimate of drug-likeness (QED) is 0.0654. The second-order valence-electron chi connectivity index (χ2n) is 26.1. The van der Waals surface area contributed by atoms with Crippen molar-refractivity contribution < 1.29 is 77.1 Å². The number of rotatable bonds is 12. The molecule has 2 N–H and O–H groups in total. The van der Waals surface area contributed by atoms with Crippen LogP contribution in [0.2, 0.25) is 5.15 Å². The maximum atomic E-state index is 11.0. The minimum absolute atomic E-state index is 0. The van der Waals surface area contributed by atoms with Crippen molar-refractivity contribution >= 4 is 77.4 Å². The van der Waals surface area contributed by atoms with Gasteiger partial charge in [0, 0.05) is 82.3 Å². The zero-order valence-corrected chi connectivity index (χ0v) is 60.6. The van der Waals surface area contributed by atoms with Gasteiger partial charge in [-0.1, -0.05) is 29.8 Å². The Balaban J connectivity index is 0.000000139. The first-order chi connectivity index (χ1) is 46.1. The number of aryl methyl sites for hydroxylation is 2. The predicted octanol–water partition coefficient (Wildman–Crippen LogP) is 12.0. The van der Waals surface area contributed by atoms with Crippen LogP contribution in [0.15, 0.2) is 165 Å². The van der Waals surface area contributed by atoms with Crippen molar-refractivity contribution in [1.29, 1.82) is 0 Å². The van der Waals surface area contributed by atoms with Crippen LogP contribution in [0.3, 0.4) is 0 Å². The number of aliphatic hydroxyl groups excluding tert-OH is 1. The Morgan fingerprint density at radius 2 is 0.828 bits per heavy atom. The summed E-state index contributed by atoms with van der Waals surface area (Å²) < 4.78 is 68.4. The van der Waals surface area contributed by atoms with Crippen LogP contribution in [0.25, 0.3) is 65.8 Å². The number of pyridine rings is 3. The first-order valence-electron chi connectivity index (χ1n) is 31.7. The third-order valence-electron chi connectivity index (χ3n) is 18.7. The molecule has 5 saturated heterocycles. The molecule has 0 unspecified atom stereocenters. The summed E-state index contributed by atoms with van der Waals surface area (Å²) in [5, 5.41) is 27.9. The number of benzene rings is 3. The first kappa shape index (κ1) is 70.6. The van der Waals surface area contributed by atoms with E-state index in [1.165, 1.54) is 12.7 Å². The summed E-state index contributed by atoms with van der Waals surface area (Å²) in [4.78, 5) is 39.0. The Morgan fingerprint density at radius 1 is 0.465 bits per heavy atom. The van der Waals surface area contributed by atoms with Crippen LogP contribution >= 0.6 is 11.6 Å². The van der Waals surface area contributed by atoms with E-state index in [0.717, 1.165) is 77.4 Å². The molecule has 0 spiro atoms. The van der Waals surface area contributed by atoms with Gasteiger partial charge in [-0.15, -0.1) is 0 Å². The standard InChI is InChI=1S/C25H26N4O4.C24H23ClN4O4.C22H22N4O4.2CH3.Zn/c1-15-18-9-11-29(22(18)28-14-27-15)23-21-25(4,33-24(2,3)32-21)20(31-23)13-30-17-8-7-16-6-5-10-26-19(16)12-17;1-23(2)32-19-22(29-10-8-16-20(25)27-13-28-21(16)29)31-18(24(19,3)33-23)12-30-15-7-6-14-5-4-9-26-17(14)11-15;1-13-16-7-9-26(20(16)25-12-24-13)21-19(27)22(2,28)18(30-21)11-29-15-6-5-14-4-3-8-23-17(14)10-15;;;/h5-12,14,20-21,23H,13H2,1-4H3;4-11,13,18-19,22H,12H2,1-3H3;3-10,12,18-19,21,27-28H,11H2,1-2H3;2*1H3;/q;;;2*-1;+2/t20-,21+,23-,25-;18-,19+,22-,24-;18-,19+,21-,22-;;;/m111.../s1. The molecule has 17 rings (SSSR count). The summed E-state index contributed by atoms with van der Waals surface area (Å²) in [7, 11) is 0. The fourth-order valence-corrected chi connectivity index (χ4v) is 14.0. The van der Waals surface area contributed by atoms with E-state index in [0.29, 0.717) is 28.8 Å². The number of hydrogen-bond donors (Lipinski definition) is 2. The van der Waals surface area contributed by atoms with Crippen LogP contribution in [-0.2, 0) is 52.6 Å². The zero-order valence-electron chi connectivity index (χ0n) is 56.8. The molecule has 5 aliphatic rings. The molecule has 24 nitrogen and oxygen atoms in total. The molecular weight excluding hydrogens is 1340 g/mol. The maximum Gasteiger partial charge on any atom is 2.00 e. The van der Waals surface area contributed by atoms with Crippen molar-refractivity contribution in [3.05, 3.63) is 197 Å². The van der Waals surface area contributed by atoms with E-state index < -0.39 is 59.3 Å². The molecule has 26 heteroatoms. The van der Waals surface area contributed by atoms with Crippen LogP contribution < -0.4 is 14.2 Å². The molecule has 0 saturated carbocycles. The van der Waals surface area contributed by atoms with Gasteiger partial charge in [0.2, 0.25) is 0 Å². The van der Waals surface area contributed by atoms with E-state index in [-0.39, 0.29) is 72.0 Å². The van der Waals surface area contributed by atoms with Crippen molar-refractivity contribution in [3.63, 3.8) is 0 Å². The molecule has 0 amide bonds. The molecule has 14 heterocycles. The molecule has 5 aliphatic heterocycles. The van der Waals surface area contributed by atoms with Crippen molar-refractivity contribution in [1.82, 2.24) is 58.6 Å². The van der Waals surface area contributed by atoms with Gasteiger partial charge in [-0.25, -0.2) is 29.9 Å². The Kier molecular flexibility index (Phi) is 19.5. The summed E-state index contributed by atoms with van der Waals surface area (Å²) in [5.74, 6) is 0.579. The molecule has 5 fully saturated rings. The molecule has 0 radical (unpaired) electrons. The maximum absolute atomic E-state index is 11.0. The number of aliphatic hydroxyl groups is 2. The molecule has 0 aliphatic carbocycles. The third-order valence-corrected chi connectivity index (χ3v) is 19.0. The number of aromatic nitrogens is 12. The van der Waals surface area contributed by atoms with Crippen LogP contribution in [-0.4, -0.2) is 154 Å². The van der Waals surface area contributed by atoms with E-state index in [9.17, 15) is 10.2 Å². The van der Waals surface area contributed by atoms with Crippen molar-refractivity contribution in [2.24, 2.45) is 0 Å². The van der Waals surface area contributed by atoms with Gasteiger partial charge in [-0.2, -0.15) is 0 Å². The Hall–Kier alpha value is -8.30. The largest absolute Gasteiger partial charge is 2.00 e. The van der Waals surface area contributed by atoms with Gasteiger partial charge in [0.25, 0.3) is 0 Å². The van der Waals surface area contributed by atoms with E-state index >= 15 is 0 Å². The van der Waals surface area contributed by atoms with E-state index in [4.69, 9.17) is 59.0 Å². The van der Waals surface area contributed by atoms with Gasteiger partial charge in [0.05, 0.1) is 33.3 Å². The fraction of sp³-hybridized carbons (Fsp3) is 0.356. The predicted molar refractivity (Wildman–Crippen MR) is 367 cm³/mol. The van der Waals surface area contributed by atoms with Crippen molar-refractivity contribution in [2.75, 3.05) is 19.8 Å². The first-order valence-corrected chi connectivity index (χ1v) is 32.1.